The second-order valence-electron chi connectivity index (χ2n) is 6.65. The van der Waals surface area contributed by atoms with E-state index < -0.39 is 35.8 Å². The molecule has 2 aromatic rings. The number of ether oxygens (including phenoxy) is 1. The molecule has 3 rings (SSSR count). The van der Waals surface area contributed by atoms with E-state index in [-0.39, 0.29) is 22.2 Å². The molecule has 1 amide bonds. The van der Waals surface area contributed by atoms with Crippen molar-refractivity contribution >= 4 is 17.3 Å². The highest BCUT2D eigenvalue weighted by Crippen LogP contribution is 2.41. The predicted octanol–water partition coefficient (Wildman–Crippen LogP) is 3.17. The monoisotopic (exact) mass is 423 g/mol. The Balaban J connectivity index is 1.81. The lowest BCUT2D eigenvalue weighted by Gasteiger charge is -2.32. The average Bonchev–Trinajstić information content (AvgIpc) is 3.06. The first-order valence-electron chi connectivity index (χ1n) is 8.65. The highest BCUT2D eigenvalue weighted by Gasteiger charge is 2.63. The molecule has 0 unspecified atom stereocenters. The number of carbonyl (C=O) groups is 1. The van der Waals surface area contributed by atoms with Gasteiger partial charge in [-0.2, -0.15) is 23.3 Å². The van der Waals surface area contributed by atoms with Gasteiger partial charge in [0.15, 0.2) is 6.61 Å². The molecule has 0 saturated carbocycles. The van der Waals surface area contributed by atoms with Crippen LogP contribution < -0.4 is 4.74 Å². The Morgan fingerprint density at radius 2 is 1.83 bits per heavy atom. The van der Waals surface area contributed by atoms with E-state index in [1.165, 1.54) is 12.1 Å². The summed E-state index contributed by atoms with van der Waals surface area (Å²) >= 11 is 0. The lowest BCUT2D eigenvalue weighted by Crippen LogP contribution is -2.57. The molecular weight excluding hydrogens is 407 g/mol. The molecule has 2 aromatic carbocycles. The van der Waals surface area contributed by atoms with E-state index in [0.717, 1.165) is 17.7 Å². The zero-order chi connectivity index (χ0) is 22.1. The summed E-state index contributed by atoms with van der Waals surface area (Å²) in [4.78, 5) is 22.4. The Hall–Kier alpha value is -3.47. The lowest BCUT2D eigenvalue weighted by molar-refractivity contribution is -0.384. The minimum atomic E-state index is -5.16. The number of halogens is 3. The summed E-state index contributed by atoms with van der Waals surface area (Å²) in [5, 5.41) is 24.6. The molecule has 8 nitrogen and oxygen atoms in total. The molecule has 0 radical (unpaired) electrons. The third kappa shape index (κ3) is 4.10. The number of rotatable bonds is 5. The Kier molecular flexibility index (Phi) is 5.49. The van der Waals surface area contributed by atoms with Gasteiger partial charge in [-0.25, -0.2) is 0 Å². The molecule has 0 aromatic heterocycles. The fraction of sp³-hybridized carbons (Fsp3) is 0.263. The van der Waals surface area contributed by atoms with Crippen LogP contribution in [0.5, 0.6) is 5.75 Å². The number of hydrazone groups is 1. The standard InChI is InChI=1S/C19H16F3N3O5/c1-12-2-4-13(5-3-12)16-10-18(27,19(20,21)22)24(23-16)17(26)11-30-15-8-6-14(7-9-15)25(28)29/h2-9,27H,10-11H2,1H3/t18-/m0/s1. The van der Waals surface area contributed by atoms with Crippen LogP contribution in [-0.2, 0) is 4.79 Å². The fourth-order valence-electron chi connectivity index (χ4n) is 2.81. The van der Waals surface area contributed by atoms with Crippen LogP contribution in [0.4, 0.5) is 18.9 Å². The molecule has 1 N–H and O–H groups in total. The van der Waals surface area contributed by atoms with Gasteiger partial charge in [0.25, 0.3) is 17.3 Å². The second kappa shape index (κ2) is 7.75. The van der Waals surface area contributed by atoms with Gasteiger partial charge in [0, 0.05) is 12.1 Å². The second-order valence-corrected chi connectivity index (χ2v) is 6.65. The molecule has 1 heterocycles. The number of hydrogen-bond donors (Lipinski definition) is 1. The SMILES string of the molecule is Cc1ccc(C2=NN(C(=O)COc3ccc([N+](=O)[O-])cc3)[C@@](O)(C(F)(F)F)C2)cc1. The summed E-state index contributed by atoms with van der Waals surface area (Å²) in [6.07, 6.45) is -6.09. The van der Waals surface area contributed by atoms with E-state index >= 15 is 0 Å². The first-order valence-corrected chi connectivity index (χ1v) is 8.65. The number of alkyl halides is 3. The summed E-state index contributed by atoms with van der Waals surface area (Å²) < 4.78 is 45.8. The van der Waals surface area contributed by atoms with E-state index in [0.29, 0.717) is 5.56 Å². The van der Waals surface area contributed by atoms with Crippen LogP contribution in [0.25, 0.3) is 0 Å². The van der Waals surface area contributed by atoms with Crippen molar-refractivity contribution in [2.45, 2.75) is 25.2 Å². The van der Waals surface area contributed by atoms with Gasteiger partial charge in [-0.05, 0) is 24.6 Å². The average molecular weight is 423 g/mol. The number of non-ortho nitro benzene ring substituents is 1. The predicted molar refractivity (Wildman–Crippen MR) is 98.8 cm³/mol. The zero-order valence-electron chi connectivity index (χ0n) is 15.6. The van der Waals surface area contributed by atoms with Crippen LogP contribution in [-0.4, -0.2) is 45.2 Å². The third-order valence-electron chi connectivity index (χ3n) is 4.47. The van der Waals surface area contributed by atoms with Crippen molar-refractivity contribution in [3.8, 4) is 5.75 Å². The lowest BCUT2D eigenvalue weighted by atomic mass is 10.00. The Morgan fingerprint density at radius 3 is 2.37 bits per heavy atom. The molecule has 0 spiro atoms. The number of aliphatic hydroxyl groups is 1. The van der Waals surface area contributed by atoms with Crippen LogP contribution in [0.2, 0.25) is 0 Å². The van der Waals surface area contributed by atoms with Gasteiger partial charge >= 0.3 is 6.18 Å². The Bertz CT molecular complexity index is 990. The number of amides is 1. The van der Waals surface area contributed by atoms with Crippen LogP contribution in [0.1, 0.15) is 17.5 Å². The quantitative estimate of drug-likeness (QED) is 0.588. The van der Waals surface area contributed by atoms with Crippen molar-refractivity contribution in [2.24, 2.45) is 5.10 Å². The number of aryl methyl sites for hydroxylation is 1. The van der Waals surface area contributed by atoms with E-state index in [1.807, 2.05) is 0 Å². The number of carbonyl (C=O) groups excluding carboxylic acids is 1. The molecule has 1 aliphatic heterocycles. The van der Waals surface area contributed by atoms with E-state index in [4.69, 9.17) is 4.74 Å². The smallest absolute Gasteiger partial charge is 0.438 e. The number of hydrogen-bond acceptors (Lipinski definition) is 6. The van der Waals surface area contributed by atoms with Gasteiger partial charge in [-0.15, -0.1) is 0 Å². The summed E-state index contributed by atoms with van der Waals surface area (Å²) in [6, 6.07) is 11.1. The Labute approximate surface area is 168 Å². The highest BCUT2D eigenvalue weighted by molar-refractivity contribution is 6.03. The largest absolute Gasteiger partial charge is 0.484 e. The van der Waals surface area contributed by atoms with Crippen LogP contribution in [0.3, 0.4) is 0 Å². The molecule has 0 saturated heterocycles. The normalized spacial score (nSPS) is 18.8. The maximum Gasteiger partial charge on any atom is 0.438 e. The first kappa shape index (κ1) is 21.2. The van der Waals surface area contributed by atoms with E-state index in [1.54, 1.807) is 31.2 Å². The van der Waals surface area contributed by atoms with Crippen LogP contribution in [0.15, 0.2) is 53.6 Å². The van der Waals surface area contributed by atoms with Gasteiger partial charge in [0.1, 0.15) is 5.75 Å². The minimum Gasteiger partial charge on any atom is -0.484 e. The van der Waals surface area contributed by atoms with Crippen molar-refractivity contribution in [1.82, 2.24) is 5.01 Å². The van der Waals surface area contributed by atoms with Crippen molar-refractivity contribution in [3.63, 3.8) is 0 Å². The van der Waals surface area contributed by atoms with Gasteiger partial charge < -0.3 is 9.84 Å². The van der Waals surface area contributed by atoms with Crippen molar-refractivity contribution < 1.29 is 32.7 Å². The molecule has 0 bridgehead atoms. The summed E-state index contributed by atoms with van der Waals surface area (Å²) in [7, 11) is 0. The molecule has 0 aliphatic carbocycles. The van der Waals surface area contributed by atoms with Gasteiger partial charge in [-0.3, -0.25) is 14.9 Å². The summed E-state index contributed by atoms with van der Waals surface area (Å²) in [6.45, 7) is 0.943. The number of nitrogens with zero attached hydrogens (tertiary/aromatic N) is 3. The molecule has 158 valence electrons. The third-order valence-corrected chi connectivity index (χ3v) is 4.47. The molecule has 1 atom stereocenters. The topological polar surface area (TPSA) is 105 Å². The first-order chi connectivity index (χ1) is 14.0. The highest BCUT2D eigenvalue weighted by atomic mass is 19.4. The minimum absolute atomic E-state index is 0.0203. The summed E-state index contributed by atoms with van der Waals surface area (Å²) in [5.74, 6) is -1.19. The molecular formula is C19H16F3N3O5. The summed E-state index contributed by atoms with van der Waals surface area (Å²) in [5.41, 5.74) is -2.60. The van der Waals surface area contributed by atoms with E-state index in [9.17, 15) is 33.2 Å². The number of benzene rings is 2. The van der Waals surface area contributed by atoms with Crippen molar-refractivity contribution in [1.29, 1.82) is 0 Å². The van der Waals surface area contributed by atoms with Crippen LogP contribution >= 0.6 is 0 Å². The maximum absolute atomic E-state index is 13.6. The van der Waals surface area contributed by atoms with Gasteiger partial charge in [-0.1, -0.05) is 29.8 Å². The molecule has 1 aliphatic rings. The van der Waals surface area contributed by atoms with Crippen molar-refractivity contribution in [2.75, 3.05) is 6.61 Å². The zero-order valence-corrected chi connectivity index (χ0v) is 15.6. The van der Waals surface area contributed by atoms with E-state index in [2.05, 4.69) is 5.10 Å². The fourth-order valence-corrected chi connectivity index (χ4v) is 2.81. The van der Waals surface area contributed by atoms with Gasteiger partial charge in [0.2, 0.25) is 0 Å². The Morgan fingerprint density at radius 1 is 1.23 bits per heavy atom. The van der Waals surface area contributed by atoms with Crippen molar-refractivity contribution in [3.05, 3.63) is 69.8 Å². The maximum atomic E-state index is 13.6. The van der Waals surface area contributed by atoms with Crippen LogP contribution in [0, 0.1) is 17.0 Å². The number of nitro groups is 1. The number of nitro benzene ring substituents is 1. The molecule has 0 fully saturated rings. The van der Waals surface area contributed by atoms with Gasteiger partial charge in [0.05, 0.1) is 17.1 Å². The molecule has 30 heavy (non-hydrogen) atoms. The molecule has 11 heteroatoms.